The molecule has 0 bridgehead atoms. The minimum Gasteiger partial charge on any atom is -0.453 e. The minimum atomic E-state index is -0.521. The number of rotatable bonds is 4. The molecule has 110 valence electrons. The van der Waals surface area contributed by atoms with E-state index in [9.17, 15) is 9.59 Å². The summed E-state index contributed by atoms with van der Waals surface area (Å²) in [7, 11) is 1.32. The van der Waals surface area contributed by atoms with E-state index in [4.69, 9.17) is 0 Å². The molecule has 2 amide bonds. The number of unbranched alkanes of at least 4 members (excludes halogenated alkanes) is 1. The van der Waals surface area contributed by atoms with E-state index in [1.54, 1.807) is 0 Å². The lowest BCUT2D eigenvalue weighted by Gasteiger charge is -2.26. The van der Waals surface area contributed by atoms with Gasteiger partial charge in [0.05, 0.1) is 19.3 Å². The molecule has 1 aromatic heterocycles. The second-order valence-electron chi connectivity index (χ2n) is 4.67. The normalized spacial score (nSPS) is 13.8. The van der Waals surface area contributed by atoms with Crippen molar-refractivity contribution in [3.63, 3.8) is 0 Å². The minimum absolute atomic E-state index is 0.202. The molecule has 2 rings (SSSR count). The highest BCUT2D eigenvalue weighted by Crippen LogP contribution is 2.28. The average Bonchev–Trinajstić information content (AvgIpc) is 2.85. The van der Waals surface area contributed by atoms with Gasteiger partial charge in [-0.1, -0.05) is 24.7 Å². The van der Waals surface area contributed by atoms with Crippen LogP contribution in [-0.2, 0) is 22.5 Å². The van der Waals surface area contributed by atoms with Gasteiger partial charge in [-0.25, -0.2) is 9.78 Å². The molecule has 0 fully saturated rings. The van der Waals surface area contributed by atoms with Crippen molar-refractivity contribution in [2.75, 3.05) is 19.0 Å². The van der Waals surface area contributed by atoms with Gasteiger partial charge in [0.25, 0.3) is 0 Å². The van der Waals surface area contributed by atoms with Crippen molar-refractivity contribution in [3.8, 4) is 0 Å². The van der Waals surface area contributed by atoms with Crippen LogP contribution in [0, 0.1) is 0 Å². The number of hydrogen-bond donors (Lipinski definition) is 1. The molecule has 1 aromatic rings. The molecule has 0 unspecified atom stereocenters. The zero-order chi connectivity index (χ0) is 14.5. The first-order valence-corrected chi connectivity index (χ1v) is 7.57. The Morgan fingerprint density at radius 2 is 2.30 bits per heavy atom. The molecular formula is C13H19N3O3S. The molecule has 0 saturated carbocycles. The summed E-state index contributed by atoms with van der Waals surface area (Å²) < 4.78 is 4.54. The van der Waals surface area contributed by atoms with Crippen LogP contribution in [-0.4, -0.2) is 35.5 Å². The zero-order valence-corrected chi connectivity index (χ0v) is 12.6. The Balaban J connectivity index is 1.99. The lowest BCUT2D eigenvalue weighted by Crippen LogP contribution is -2.35. The summed E-state index contributed by atoms with van der Waals surface area (Å²) in [4.78, 5) is 30.5. The Hall–Kier alpha value is -1.63. The standard InChI is InChI=1S/C13H19N3O3S/c1-3-4-5-11(17)16-7-6-9-10(8-16)20-12(14-9)15-13(18)19-2/h3-8H2,1-2H3,(H,14,15,18). The average molecular weight is 297 g/mol. The SMILES string of the molecule is CCCCC(=O)N1CCc2nc(NC(=O)OC)sc2C1. The van der Waals surface area contributed by atoms with E-state index in [0.717, 1.165) is 29.8 Å². The van der Waals surface area contributed by atoms with Gasteiger partial charge < -0.3 is 9.64 Å². The molecule has 20 heavy (non-hydrogen) atoms. The van der Waals surface area contributed by atoms with E-state index in [2.05, 4.69) is 22.0 Å². The van der Waals surface area contributed by atoms with Crippen molar-refractivity contribution in [2.24, 2.45) is 0 Å². The summed E-state index contributed by atoms with van der Waals surface area (Å²) in [5, 5.41) is 3.10. The van der Waals surface area contributed by atoms with Crippen LogP contribution in [0.2, 0.25) is 0 Å². The largest absolute Gasteiger partial charge is 0.453 e. The maximum absolute atomic E-state index is 12.0. The van der Waals surface area contributed by atoms with Gasteiger partial charge in [0.2, 0.25) is 5.91 Å². The number of nitrogens with one attached hydrogen (secondary N) is 1. The molecule has 0 aliphatic carbocycles. The van der Waals surface area contributed by atoms with Crippen molar-refractivity contribution in [3.05, 3.63) is 10.6 Å². The third-order valence-corrected chi connectivity index (χ3v) is 4.22. The number of ether oxygens (including phenoxy) is 1. The van der Waals surface area contributed by atoms with Gasteiger partial charge >= 0.3 is 6.09 Å². The summed E-state index contributed by atoms with van der Waals surface area (Å²) in [5.74, 6) is 0.202. The van der Waals surface area contributed by atoms with Crippen molar-refractivity contribution >= 4 is 28.5 Å². The second-order valence-corrected chi connectivity index (χ2v) is 5.76. The first-order valence-electron chi connectivity index (χ1n) is 6.75. The molecule has 0 saturated heterocycles. The first-order chi connectivity index (χ1) is 9.63. The van der Waals surface area contributed by atoms with Crippen LogP contribution >= 0.6 is 11.3 Å². The van der Waals surface area contributed by atoms with Crippen LogP contribution in [0.25, 0.3) is 0 Å². The molecule has 1 aliphatic rings. The molecule has 2 heterocycles. The van der Waals surface area contributed by atoms with E-state index in [-0.39, 0.29) is 5.91 Å². The fourth-order valence-corrected chi connectivity index (χ4v) is 3.10. The third kappa shape index (κ3) is 3.47. The third-order valence-electron chi connectivity index (χ3n) is 3.22. The molecule has 6 nitrogen and oxygen atoms in total. The lowest BCUT2D eigenvalue weighted by molar-refractivity contribution is -0.132. The number of methoxy groups -OCH3 is 1. The van der Waals surface area contributed by atoms with Gasteiger partial charge in [0.15, 0.2) is 5.13 Å². The molecule has 0 radical (unpaired) electrons. The van der Waals surface area contributed by atoms with Crippen LogP contribution in [0.4, 0.5) is 9.93 Å². The van der Waals surface area contributed by atoms with E-state index in [1.807, 2.05) is 4.90 Å². The first kappa shape index (κ1) is 14.8. The maximum Gasteiger partial charge on any atom is 0.413 e. The van der Waals surface area contributed by atoms with Crippen LogP contribution in [0.15, 0.2) is 0 Å². The van der Waals surface area contributed by atoms with Gasteiger partial charge in [-0.05, 0) is 6.42 Å². The smallest absolute Gasteiger partial charge is 0.413 e. The van der Waals surface area contributed by atoms with Crippen LogP contribution in [0.3, 0.4) is 0 Å². The molecule has 1 aliphatic heterocycles. The number of thiazole rings is 1. The number of anilines is 1. The van der Waals surface area contributed by atoms with Gasteiger partial charge in [0.1, 0.15) is 0 Å². The molecule has 0 aromatic carbocycles. The van der Waals surface area contributed by atoms with Crippen LogP contribution < -0.4 is 5.32 Å². The van der Waals surface area contributed by atoms with E-state index >= 15 is 0 Å². The van der Waals surface area contributed by atoms with Crippen molar-refractivity contribution < 1.29 is 14.3 Å². The Labute approximate surface area is 122 Å². The topological polar surface area (TPSA) is 71.5 Å². The summed E-state index contributed by atoms with van der Waals surface area (Å²) >= 11 is 1.41. The van der Waals surface area contributed by atoms with Crippen LogP contribution in [0.1, 0.15) is 36.8 Å². The van der Waals surface area contributed by atoms with Gasteiger partial charge in [0, 0.05) is 24.3 Å². The number of fused-ring (bicyclic) bond motifs is 1. The van der Waals surface area contributed by atoms with E-state index < -0.39 is 6.09 Å². The predicted molar refractivity (Wildman–Crippen MR) is 76.8 cm³/mol. The fraction of sp³-hybridized carbons (Fsp3) is 0.615. The highest BCUT2D eigenvalue weighted by atomic mass is 32.1. The van der Waals surface area contributed by atoms with Crippen molar-refractivity contribution in [1.82, 2.24) is 9.88 Å². The van der Waals surface area contributed by atoms with Crippen LogP contribution in [0.5, 0.6) is 0 Å². The molecule has 0 spiro atoms. The Bertz CT molecular complexity index is 501. The number of aromatic nitrogens is 1. The van der Waals surface area contributed by atoms with Gasteiger partial charge in [-0.15, -0.1) is 0 Å². The van der Waals surface area contributed by atoms with Crippen molar-refractivity contribution in [1.29, 1.82) is 0 Å². The van der Waals surface area contributed by atoms with Gasteiger partial charge in [-0.3, -0.25) is 10.1 Å². The summed E-state index contributed by atoms with van der Waals surface area (Å²) in [5.41, 5.74) is 0.973. The molecule has 7 heteroatoms. The van der Waals surface area contributed by atoms with Gasteiger partial charge in [-0.2, -0.15) is 0 Å². The Kier molecular flexibility index (Phi) is 4.94. The number of amides is 2. The van der Waals surface area contributed by atoms with E-state index in [0.29, 0.717) is 24.6 Å². The summed E-state index contributed by atoms with van der Waals surface area (Å²) in [6, 6.07) is 0. The molecule has 1 N–H and O–H groups in total. The maximum atomic E-state index is 12.0. The zero-order valence-electron chi connectivity index (χ0n) is 11.8. The highest BCUT2D eigenvalue weighted by Gasteiger charge is 2.24. The number of nitrogens with zero attached hydrogens (tertiary/aromatic N) is 2. The lowest BCUT2D eigenvalue weighted by atomic mass is 10.1. The number of carbonyl (C=O) groups excluding carboxylic acids is 2. The quantitative estimate of drug-likeness (QED) is 0.926. The summed E-state index contributed by atoms with van der Waals surface area (Å²) in [6.07, 6.45) is 2.79. The Morgan fingerprint density at radius 3 is 3.00 bits per heavy atom. The number of hydrogen-bond acceptors (Lipinski definition) is 5. The predicted octanol–water partition coefficient (Wildman–Crippen LogP) is 2.40. The Morgan fingerprint density at radius 1 is 1.50 bits per heavy atom. The van der Waals surface area contributed by atoms with E-state index in [1.165, 1.54) is 18.4 Å². The van der Waals surface area contributed by atoms with Crippen molar-refractivity contribution in [2.45, 2.75) is 39.2 Å². The monoisotopic (exact) mass is 297 g/mol. The number of carbonyl (C=O) groups is 2. The molecule has 0 atom stereocenters. The summed E-state index contributed by atoms with van der Waals surface area (Å²) in [6.45, 7) is 3.38. The fourth-order valence-electron chi connectivity index (χ4n) is 2.09. The molecular weight excluding hydrogens is 278 g/mol. The highest BCUT2D eigenvalue weighted by molar-refractivity contribution is 7.15. The second kappa shape index (κ2) is 6.69.